The van der Waals surface area contributed by atoms with Crippen molar-refractivity contribution in [1.29, 1.82) is 0 Å². The number of carbonyl (C=O) groups is 2. The van der Waals surface area contributed by atoms with E-state index in [0.29, 0.717) is 12.5 Å². The zero-order chi connectivity index (χ0) is 20.8. The van der Waals surface area contributed by atoms with Crippen LogP contribution in [0.4, 0.5) is 5.69 Å². The number of nitrogens with one attached hydrogen (secondary N) is 1. The Labute approximate surface area is 172 Å². The van der Waals surface area contributed by atoms with Gasteiger partial charge in [-0.15, -0.1) is 0 Å². The summed E-state index contributed by atoms with van der Waals surface area (Å²) in [5.41, 5.74) is 8.42. The predicted octanol–water partition coefficient (Wildman–Crippen LogP) is 2.95. The Morgan fingerprint density at radius 2 is 1.93 bits per heavy atom. The van der Waals surface area contributed by atoms with Crippen molar-refractivity contribution in [3.63, 3.8) is 0 Å². The van der Waals surface area contributed by atoms with Crippen molar-refractivity contribution >= 4 is 17.5 Å². The van der Waals surface area contributed by atoms with Crippen LogP contribution in [0.25, 0.3) is 0 Å². The van der Waals surface area contributed by atoms with E-state index in [1.807, 2.05) is 60.4 Å². The molecule has 0 spiro atoms. The van der Waals surface area contributed by atoms with Gasteiger partial charge in [0.15, 0.2) is 0 Å². The maximum atomic E-state index is 12.9. The Balaban J connectivity index is 1.70. The zero-order valence-electron chi connectivity index (χ0n) is 17.1. The number of nitrogens with zero attached hydrogens (tertiary/aromatic N) is 1. The quantitative estimate of drug-likeness (QED) is 0.648. The summed E-state index contributed by atoms with van der Waals surface area (Å²) in [6, 6.07) is 15.8. The smallest absolute Gasteiger partial charge is 0.240 e. The molecule has 0 radical (unpaired) electrons. The highest BCUT2D eigenvalue weighted by molar-refractivity contribution is 5.82. The van der Waals surface area contributed by atoms with E-state index in [1.165, 1.54) is 0 Å². The lowest BCUT2D eigenvalue weighted by Gasteiger charge is -2.26. The maximum Gasteiger partial charge on any atom is 0.240 e. The van der Waals surface area contributed by atoms with Crippen LogP contribution in [-0.2, 0) is 9.59 Å². The second-order valence-corrected chi connectivity index (χ2v) is 7.63. The minimum atomic E-state index is -0.378. The van der Waals surface area contributed by atoms with E-state index in [1.54, 1.807) is 7.11 Å². The summed E-state index contributed by atoms with van der Waals surface area (Å²) in [7, 11) is 1.64. The molecule has 0 unspecified atom stereocenters. The fourth-order valence-electron chi connectivity index (χ4n) is 3.48. The Morgan fingerprint density at radius 1 is 1.21 bits per heavy atom. The molecule has 2 amide bonds. The van der Waals surface area contributed by atoms with Crippen molar-refractivity contribution in [1.82, 2.24) is 5.32 Å². The van der Waals surface area contributed by atoms with Crippen LogP contribution in [0.5, 0.6) is 5.75 Å². The number of hydrogen-bond donors (Lipinski definition) is 2. The summed E-state index contributed by atoms with van der Waals surface area (Å²) < 4.78 is 5.23. The molecule has 2 aromatic rings. The first kappa shape index (κ1) is 20.7. The average Bonchev–Trinajstić information content (AvgIpc) is 3.54. The Hall–Kier alpha value is -3.02. The number of nitrogens with two attached hydrogens (primary N) is 1. The third-order valence-electron chi connectivity index (χ3n) is 5.21. The van der Waals surface area contributed by atoms with Gasteiger partial charge in [-0.2, -0.15) is 0 Å². The first-order valence-corrected chi connectivity index (χ1v) is 9.99. The molecule has 0 aromatic heterocycles. The van der Waals surface area contributed by atoms with Gasteiger partial charge < -0.3 is 20.7 Å². The molecule has 0 bridgehead atoms. The molecule has 2 aromatic carbocycles. The van der Waals surface area contributed by atoms with Gasteiger partial charge in [-0.1, -0.05) is 24.3 Å². The molecular formula is C23H29N3O3. The average molecular weight is 396 g/mol. The summed E-state index contributed by atoms with van der Waals surface area (Å²) in [5, 5.41) is 3.20. The predicted molar refractivity (Wildman–Crippen MR) is 114 cm³/mol. The lowest BCUT2D eigenvalue weighted by atomic mass is 10.0. The van der Waals surface area contributed by atoms with E-state index in [4.69, 9.17) is 10.5 Å². The maximum absolute atomic E-state index is 12.9. The molecule has 3 rings (SSSR count). The summed E-state index contributed by atoms with van der Waals surface area (Å²) in [4.78, 5) is 26.1. The van der Waals surface area contributed by atoms with Crippen molar-refractivity contribution in [2.45, 2.75) is 32.2 Å². The monoisotopic (exact) mass is 395 g/mol. The van der Waals surface area contributed by atoms with Crippen LogP contribution in [0.15, 0.2) is 48.5 Å². The van der Waals surface area contributed by atoms with Crippen LogP contribution in [0, 0.1) is 12.8 Å². The van der Waals surface area contributed by atoms with Gasteiger partial charge in [-0.05, 0) is 61.1 Å². The summed E-state index contributed by atoms with van der Waals surface area (Å²) in [5.74, 6) is 0.818. The number of aryl methyl sites for hydroxylation is 1. The molecule has 3 N–H and O–H groups in total. The molecule has 1 atom stereocenters. The fraction of sp³-hybridized carbons (Fsp3) is 0.391. The summed E-state index contributed by atoms with van der Waals surface area (Å²) in [6.45, 7) is 2.58. The fourth-order valence-corrected chi connectivity index (χ4v) is 3.48. The lowest BCUT2D eigenvalue weighted by molar-refractivity contribution is -0.121. The molecule has 6 nitrogen and oxygen atoms in total. The first-order chi connectivity index (χ1) is 14.0. The third kappa shape index (κ3) is 5.98. The van der Waals surface area contributed by atoms with E-state index in [-0.39, 0.29) is 30.8 Å². The van der Waals surface area contributed by atoms with E-state index in [2.05, 4.69) is 5.32 Å². The number of carbonyl (C=O) groups excluding carboxylic acids is 2. The number of rotatable bonds is 10. The highest BCUT2D eigenvalue weighted by Crippen LogP contribution is 2.41. The molecule has 29 heavy (non-hydrogen) atoms. The lowest BCUT2D eigenvalue weighted by Crippen LogP contribution is -2.40. The van der Waals surface area contributed by atoms with E-state index >= 15 is 0 Å². The molecule has 1 saturated carbocycles. The molecule has 0 heterocycles. The normalized spacial score (nSPS) is 14.1. The third-order valence-corrected chi connectivity index (χ3v) is 5.21. The topological polar surface area (TPSA) is 84.7 Å². The molecular weight excluding hydrogens is 366 g/mol. The molecule has 6 heteroatoms. The van der Waals surface area contributed by atoms with Crippen molar-refractivity contribution in [2.75, 3.05) is 25.1 Å². The second kappa shape index (κ2) is 9.45. The second-order valence-electron chi connectivity index (χ2n) is 7.63. The van der Waals surface area contributed by atoms with Crippen molar-refractivity contribution in [3.8, 4) is 5.75 Å². The highest BCUT2D eigenvalue weighted by Gasteiger charge is 2.33. The molecule has 1 fully saturated rings. The number of ether oxygens (including phenoxy) is 1. The van der Waals surface area contributed by atoms with Gasteiger partial charge in [0, 0.05) is 18.7 Å². The highest BCUT2D eigenvalue weighted by atomic mass is 16.5. The summed E-state index contributed by atoms with van der Waals surface area (Å²) in [6.07, 6.45) is 2.42. The van der Waals surface area contributed by atoms with Crippen LogP contribution >= 0.6 is 0 Å². The molecule has 1 aliphatic carbocycles. The Bertz CT molecular complexity index is 847. The minimum Gasteiger partial charge on any atom is -0.497 e. The zero-order valence-corrected chi connectivity index (χ0v) is 17.1. The van der Waals surface area contributed by atoms with Crippen molar-refractivity contribution in [2.24, 2.45) is 11.7 Å². The molecule has 154 valence electrons. The standard InChI is InChI=1S/C23H29N3O3/c1-16-4-3-5-19(14-16)26(13-12-21(24)27)15-22(28)25-23(17-6-7-17)18-8-10-20(29-2)11-9-18/h3-5,8-11,14,17,23H,6-7,12-13,15H2,1-2H3,(H2,24,27)(H,25,28)/t23-/m1/s1. The van der Waals surface area contributed by atoms with Gasteiger partial charge in [-0.25, -0.2) is 0 Å². The van der Waals surface area contributed by atoms with Crippen LogP contribution < -0.4 is 20.7 Å². The number of primary amides is 1. The Kier molecular flexibility index (Phi) is 6.75. The van der Waals surface area contributed by atoms with Gasteiger partial charge >= 0.3 is 0 Å². The van der Waals surface area contributed by atoms with Crippen LogP contribution in [0.1, 0.15) is 36.4 Å². The van der Waals surface area contributed by atoms with Crippen LogP contribution in [-0.4, -0.2) is 32.0 Å². The van der Waals surface area contributed by atoms with Gasteiger partial charge in [0.25, 0.3) is 0 Å². The van der Waals surface area contributed by atoms with Gasteiger partial charge in [-0.3, -0.25) is 9.59 Å². The largest absolute Gasteiger partial charge is 0.497 e. The number of methoxy groups -OCH3 is 1. The van der Waals surface area contributed by atoms with Crippen molar-refractivity contribution < 1.29 is 14.3 Å². The SMILES string of the molecule is COc1ccc([C@H](NC(=O)CN(CCC(N)=O)c2cccc(C)c2)C2CC2)cc1. The van der Waals surface area contributed by atoms with Crippen molar-refractivity contribution in [3.05, 3.63) is 59.7 Å². The van der Waals surface area contributed by atoms with Gasteiger partial charge in [0.05, 0.1) is 19.7 Å². The van der Waals surface area contributed by atoms with Crippen LogP contribution in [0.3, 0.4) is 0 Å². The number of anilines is 1. The van der Waals surface area contributed by atoms with E-state index in [0.717, 1.165) is 35.4 Å². The number of hydrogen-bond acceptors (Lipinski definition) is 4. The van der Waals surface area contributed by atoms with E-state index < -0.39 is 0 Å². The molecule has 0 aliphatic heterocycles. The summed E-state index contributed by atoms with van der Waals surface area (Å²) >= 11 is 0. The minimum absolute atomic E-state index is 0.0103. The van der Waals surface area contributed by atoms with Gasteiger partial charge in [0.2, 0.25) is 11.8 Å². The number of benzene rings is 2. The van der Waals surface area contributed by atoms with Gasteiger partial charge in [0.1, 0.15) is 5.75 Å². The first-order valence-electron chi connectivity index (χ1n) is 9.99. The number of amides is 2. The molecule has 0 saturated heterocycles. The van der Waals surface area contributed by atoms with E-state index in [9.17, 15) is 9.59 Å². The molecule has 1 aliphatic rings. The Morgan fingerprint density at radius 3 is 2.52 bits per heavy atom. The van der Waals surface area contributed by atoms with Crippen LogP contribution in [0.2, 0.25) is 0 Å².